The van der Waals surface area contributed by atoms with Gasteiger partial charge in [-0.2, -0.15) is 5.10 Å². The standard InChI is InChI=1S/C27H34FN5O6S/c1-5-31-15-17(2)33-22-21(24(38-4)23(33)27(31)35)26(34)32-16-18-10-11-19(28)14-20(18)39-12-8-6-7-9-13-40(36,37)30(3)25(22)29-32/h6,8,10-11,14,17,26,34H,5,7,9,12-13,15-16H2,1-4H3. The number of likely N-dealkylation sites (N-methyl/N-ethyl adjacent to an activating group) is 1. The number of aromatic nitrogens is 1. The number of rotatable bonds is 2. The Bertz CT molecular complexity index is 1490. The fourth-order valence-corrected chi connectivity index (χ4v) is 6.65. The number of fused-ring (bicyclic) bond motifs is 6. The molecule has 2 atom stereocenters. The molecular weight excluding hydrogens is 541 g/mol. The summed E-state index contributed by atoms with van der Waals surface area (Å²) in [4.78, 5) is 15.2. The number of carbonyl (C=O) groups excluding carboxylic acids is 1. The first-order valence-corrected chi connectivity index (χ1v) is 14.9. The first-order chi connectivity index (χ1) is 19.1. The SMILES string of the molecule is CCN1CC(C)n2c(c(OC)c3c2C2=NN(Cc4ccc(F)cc4OCC=CCCCS(=O)(=O)N2C)C3O)C1=O. The van der Waals surface area contributed by atoms with Gasteiger partial charge in [-0.1, -0.05) is 18.2 Å². The predicted molar refractivity (Wildman–Crippen MR) is 146 cm³/mol. The highest BCUT2D eigenvalue weighted by Gasteiger charge is 2.45. The molecule has 0 fully saturated rings. The molecule has 2 aromatic rings. The summed E-state index contributed by atoms with van der Waals surface area (Å²) in [5, 5.41) is 17.6. The van der Waals surface area contributed by atoms with Gasteiger partial charge >= 0.3 is 0 Å². The summed E-state index contributed by atoms with van der Waals surface area (Å²) in [5.41, 5.74) is 1.33. The summed E-state index contributed by atoms with van der Waals surface area (Å²) in [6, 6.07) is 3.84. The van der Waals surface area contributed by atoms with Gasteiger partial charge < -0.3 is 24.0 Å². The van der Waals surface area contributed by atoms with Crippen molar-refractivity contribution in [3.05, 3.63) is 58.7 Å². The van der Waals surface area contributed by atoms with E-state index in [4.69, 9.17) is 9.47 Å². The van der Waals surface area contributed by atoms with Crippen LogP contribution in [0.1, 0.15) is 66.3 Å². The fraction of sp³-hybridized carbons (Fsp3) is 0.481. The number of benzene rings is 1. The molecule has 0 saturated carbocycles. The molecule has 2 bridgehead atoms. The number of amidine groups is 1. The van der Waals surface area contributed by atoms with Crippen LogP contribution in [-0.4, -0.2) is 83.7 Å². The molecule has 1 aromatic carbocycles. The minimum absolute atomic E-state index is 0.0361. The van der Waals surface area contributed by atoms with Gasteiger partial charge in [-0.3, -0.25) is 14.1 Å². The van der Waals surface area contributed by atoms with Crippen LogP contribution in [0.4, 0.5) is 4.39 Å². The molecule has 0 saturated heterocycles. The van der Waals surface area contributed by atoms with E-state index in [1.54, 1.807) is 15.5 Å². The van der Waals surface area contributed by atoms with Crippen molar-refractivity contribution < 1.29 is 32.2 Å². The van der Waals surface area contributed by atoms with Crippen molar-refractivity contribution in [3.63, 3.8) is 0 Å². The van der Waals surface area contributed by atoms with E-state index in [-0.39, 0.29) is 59.4 Å². The zero-order chi connectivity index (χ0) is 28.8. The van der Waals surface area contributed by atoms with E-state index in [0.717, 1.165) is 4.31 Å². The molecule has 13 heteroatoms. The van der Waals surface area contributed by atoms with E-state index in [9.17, 15) is 22.7 Å². The molecular formula is C27H34FN5O6S. The summed E-state index contributed by atoms with van der Waals surface area (Å²) >= 11 is 0. The van der Waals surface area contributed by atoms with Crippen molar-refractivity contribution in [1.82, 2.24) is 18.8 Å². The predicted octanol–water partition coefficient (Wildman–Crippen LogP) is 2.83. The van der Waals surface area contributed by atoms with Gasteiger partial charge in [0, 0.05) is 37.8 Å². The highest BCUT2D eigenvalue weighted by molar-refractivity contribution is 7.89. The first-order valence-electron chi connectivity index (χ1n) is 13.3. The second-order valence-corrected chi connectivity index (χ2v) is 12.2. The largest absolute Gasteiger partial charge is 0.494 e. The third-order valence-electron chi connectivity index (χ3n) is 7.53. The number of amides is 1. The van der Waals surface area contributed by atoms with Gasteiger partial charge in [-0.05, 0) is 32.8 Å². The molecule has 11 nitrogen and oxygen atoms in total. The highest BCUT2D eigenvalue weighted by atomic mass is 32.2. The Kier molecular flexibility index (Phi) is 7.53. The zero-order valence-corrected chi connectivity index (χ0v) is 23.8. The smallest absolute Gasteiger partial charge is 0.274 e. The maximum Gasteiger partial charge on any atom is 0.274 e. The number of hydrazone groups is 1. The normalized spacial score (nSPS) is 22.8. The molecule has 3 aliphatic rings. The quantitative estimate of drug-likeness (QED) is 0.548. The van der Waals surface area contributed by atoms with Gasteiger partial charge in [-0.15, -0.1) is 0 Å². The van der Waals surface area contributed by atoms with E-state index in [2.05, 4.69) is 5.10 Å². The Balaban J connectivity index is 1.74. The van der Waals surface area contributed by atoms with Crippen molar-refractivity contribution in [2.24, 2.45) is 5.10 Å². The molecule has 0 aliphatic carbocycles. The number of sulfonamides is 1. The van der Waals surface area contributed by atoms with E-state index in [0.29, 0.717) is 37.2 Å². The molecule has 3 aliphatic heterocycles. The molecule has 1 aromatic heterocycles. The molecule has 4 heterocycles. The van der Waals surface area contributed by atoms with Crippen molar-refractivity contribution in [2.45, 2.75) is 45.5 Å². The maximum atomic E-state index is 14.1. The number of halogens is 1. The van der Waals surface area contributed by atoms with Gasteiger partial charge in [0.25, 0.3) is 5.91 Å². The summed E-state index contributed by atoms with van der Waals surface area (Å²) in [7, 11) is -0.998. The van der Waals surface area contributed by atoms with Crippen molar-refractivity contribution in [3.8, 4) is 11.5 Å². The van der Waals surface area contributed by atoms with Gasteiger partial charge in [-0.25, -0.2) is 12.8 Å². The van der Waals surface area contributed by atoms with Crippen LogP contribution in [0.5, 0.6) is 11.5 Å². The number of carbonyl (C=O) groups is 1. The average Bonchev–Trinajstić information content (AvgIpc) is 3.28. The number of aliphatic hydroxyl groups excluding tert-OH is 1. The Morgan fingerprint density at radius 2 is 2.02 bits per heavy atom. The molecule has 0 radical (unpaired) electrons. The second kappa shape index (κ2) is 10.8. The van der Waals surface area contributed by atoms with Gasteiger partial charge in [0.05, 0.1) is 30.7 Å². The Morgan fingerprint density at radius 3 is 2.75 bits per heavy atom. The molecule has 1 N–H and O–H groups in total. The van der Waals surface area contributed by atoms with Crippen LogP contribution in [0.15, 0.2) is 35.5 Å². The maximum absolute atomic E-state index is 14.1. The van der Waals surface area contributed by atoms with E-state index in [1.165, 1.54) is 37.4 Å². The molecule has 5 rings (SSSR count). The Labute approximate surface area is 233 Å². The Morgan fingerprint density at radius 1 is 1.25 bits per heavy atom. The average molecular weight is 576 g/mol. The van der Waals surface area contributed by atoms with E-state index >= 15 is 0 Å². The summed E-state index contributed by atoms with van der Waals surface area (Å²) < 4.78 is 55.6. The van der Waals surface area contributed by atoms with Crippen LogP contribution < -0.4 is 9.47 Å². The number of allylic oxidation sites excluding steroid dienone is 1. The van der Waals surface area contributed by atoms with Crippen molar-refractivity contribution in [2.75, 3.05) is 39.6 Å². The van der Waals surface area contributed by atoms with Crippen LogP contribution in [0.25, 0.3) is 0 Å². The number of hydrogen-bond donors (Lipinski definition) is 1. The minimum Gasteiger partial charge on any atom is -0.494 e. The number of aliphatic hydroxyl groups is 1. The topological polar surface area (TPSA) is 117 Å². The van der Waals surface area contributed by atoms with Crippen LogP contribution in [0.2, 0.25) is 0 Å². The monoisotopic (exact) mass is 575 g/mol. The molecule has 216 valence electrons. The lowest BCUT2D eigenvalue weighted by molar-refractivity contribution is -0.00876. The van der Waals surface area contributed by atoms with Gasteiger partial charge in [0.2, 0.25) is 10.0 Å². The van der Waals surface area contributed by atoms with Crippen molar-refractivity contribution in [1.29, 1.82) is 0 Å². The molecule has 40 heavy (non-hydrogen) atoms. The lowest BCUT2D eigenvalue weighted by Gasteiger charge is -2.36. The van der Waals surface area contributed by atoms with Crippen LogP contribution in [-0.2, 0) is 16.6 Å². The summed E-state index contributed by atoms with van der Waals surface area (Å²) in [6.07, 6.45) is 3.06. The van der Waals surface area contributed by atoms with Gasteiger partial charge in [0.1, 0.15) is 18.2 Å². The fourth-order valence-electron chi connectivity index (χ4n) is 5.46. The molecule has 2 unspecified atom stereocenters. The highest BCUT2D eigenvalue weighted by Crippen LogP contribution is 2.45. The third-order valence-corrected chi connectivity index (χ3v) is 9.34. The van der Waals surface area contributed by atoms with E-state index in [1.807, 2.05) is 19.9 Å². The van der Waals surface area contributed by atoms with Crippen molar-refractivity contribution >= 4 is 21.8 Å². The first kappa shape index (κ1) is 28.0. The minimum atomic E-state index is -3.84. The number of methoxy groups -OCH3 is 1. The third kappa shape index (κ3) is 4.70. The Hall–Kier alpha value is -3.58. The summed E-state index contributed by atoms with van der Waals surface area (Å²) in [5.74, 6) is -0.394. The van der Waals surface area contributed by atoms with E-state index < -0.39 is 22.1 Å². The van der Waals surface area contributed by atoms with Crippen LogP contribution >= 0.6 is 0 Å². The number of hydrogen-bond acceptors (Lipinski definition) is 8. The second-order valence-electron chi connectivity index (χ2n) is 10.1. The number of ether oxygens (including phenoxy) is 2. The van der Waals surface area contributed by atoms with Crippen LogP contribution in [0, 0.1) is 5.82 Å². The lowest BCUT2D eigenvalue weighted by atomic mass is 10.1. The lowest BCUT2D eigenvalue weighted by Crippen LogP contribution is -2.45. The molecule has 0 spiro atoms. The number of nitrogens with zero attached hydrogens (tertiary/aromatic N) is 5. The van der Waals surface area contributed by atoms with Gasteiger partial charge in [0.15, 0.2) is 23.5 Å². The zero-order valence-electron chi connectivity index (χ0n) is 23.0. The summed E-state index contributed by atoms with van der Waals surface area (Å²) in [6.45, 7) is 4.81. The van der Waals surface area contributed by atoms with Crippen LogP contribution in [0.3, 0.4) is 0 Å². The molecule has 1 amide bonds.